The number of hydrogen-bond acceptors (Lipinski definition) is 11. The summed E-state index contributed by atoms with van der Waals surface area (Å²) in [5, 5.41) is 69.3. The Bertz CT molecular complexity index is 645. The monoisotopic (exact) mass is 432 g/mol. The lowest BCUT2D eigenvalue weighted by atomic mass is 9.98. The molecule has 11 nitrogen and oxygen atoms in total. The molecular weight excluding hydrogens is 404 g/mol. The van der Waals surface area contributed by atoms with Crippen molar-refractivity contribution in [2.24, 2.45) is 0 Å². The molecule has 3 rings (SSSR count). The first-order valence-electron chi connectivity index (χ1n) is 9.60. The number of ether oxygens (including phenoxy) is 4. The Morgan fingerprint density at radius 3 is 1.80 bits per heavy atom. The Balaban J connectivity index is 1.58. The van der Waals surface area contributed by atoms with Crippen molar-refractivity contribution in [1.29, 1.82) is 0 Å². The van der Waals surface area contributed by atoms with Gasteiger partial charge in [0, 0.05) is 0 Å². The van der Waals surface area contributed by atoms with Gasteiger partial charge in [-0.1, -0.05) is 30.3 Å². The Labute approximate surface area is 172 Å². The second-order valence-electron chi connectivity index (χ2n) is 7.34. The van der Waals surface area contributed by atoms with Crippen LogP contribution in [0.1, 0.15) is 5.56 Å². The molecule has 2 saturated heterocycles. The van der Waals surface area contributed by atoms with Gasteiger partial charge in [0.15, 0.2) is 12.6 Å². The van der Waals surface area contributed by atoms with Gasteiger partial charge in [-0.2, -0.15) is 0 Å². The Morgan fingerprint density at radius 2 is 1.20 bits per heavy atom. The molecule has 1 aromatic carbocycles. The molecule has 170 valence electrons. The fourth-order valence-corrected chi connectivity index (χ4v) is 3.34. The lowest BCUT2D eigenvalue weighted by Crippen LogP contribution is -2.61. The fraction of sp³-hybridized carbons (Fsp3) is 0.684. The van der Waals surface area contributed by atoms with Crippen molar-refractivity contribution >= 4 is 0 Å². The number of aliphatic hydroxyl groups excluding tert-OH is 7. The molecule has 0 saturated carbocycles. The first-order valence-corrected chi connectivity index (χ1v) is 9.60. The largest absolute Gasteiger partial charge is 0.394 e. The van der Waals surface area contributed by atoms with Crippen LogP contribution in [0.5, 0.6) is 0 Å². The zero-order valence-electron chi connectivity index (χ0n) is 16.0. The van der Waals surface area contributed by atoms with Gasteiger partial charge in [0.1, 0.15) is 48.8 Å². The lowest BCUT2D eigenvalue weighted by Gasteiger charge is -2.42. The maximum atomic E-state index is 10.2. The summed E-state index contributed by atoms with van der Waals surface area (Å²) < 4.78 is 21.6. The van der Waals surface area contributed by atoms with Crippen LogP contribution in [0, 0.1) is 0 Å². The third kappa shape index (κ3) is 5.15. The summed E-state index contributed by atoms with van der Waals surface area (Å²) in [6.07, 6.45) is -14.4. The van der Waals surface area contributed by atoms with Crippen LogP contribution in [0.3, 0.4) is 0 Å². The van der Waals surface area contributed by atoms with Gasteiger partial charge in [0.2, 0.25) is 0 Å². The summed E-state index contributed by atoms with van der Waals surface area (Å²) >= 11 is 0. The van der Waals surface area contributed by atoms with E-state index in [4.69, 9.17) is 18.9 Å². The molecule has 0 aromatic heterocycles. The van der Waals surface area contributed by atoms with Crippen molar-refractivity contribution < 1.29 is 54.7 Å². The second kappa shape index (κ2) is 10.4. The molecule has 0 aliphatic carbocycles. The molecule has 2 heterocycles. The van der Waals surface area contributed by atoms with Crippen molar-refractivity contribution in [3.05, 3.63) is 35.9 Å². The Morgan fingerprint density at radius 1 is 0.667 bits per heavy atom. The number of hydrogen-bond donors (Lipinski definition) is 7. The zero-order chi connectivity index (χ0) is 21.8. The van der Waals surface area contributed by atoms with Gasteiger partial charge in [-0.05, 0) is 5.56 Å². The SMILES string of the molecule is OC[C@@H]1O[C@H](OC[C@@H]2O[C@H](OCc3ccccc3)[C@@H](O)[C@H](O)[C@H]2O)[C@@H](O)[C@H](O)[C@H]1O. The topological polar surface area (TPSA) is 179 Å². The van der Waals surface area contributed by atoms with E-state index >= 15 is 0 Å². The van der Waals surface area contributed by atoms with Crippen LogP contribution in [-0.2, 0) is 25.6 Å². The van der Waals surface area contributed by atoms with Crippen LogP contribution >= 0.6 is 0 Å². The molecule has 30 heavy (non-hydrogen) atoms. The van der Waals surface area contributed by atoms with E-state index < -0.39 is 74.6 Å². The minimum atomic E-state index is -1.62. The molecule has 2 aliphatic heterocycles. The highest BCUT2D eigenvalue weighted by Crippen LogP contribution is 2.26. The quantitative estimate of drug-likeness (QED) is 0.231. The minimum absolute atomic E-state index is 0.0890. The summed E-state index contributed by atoms with van der Waals surface area (Å²) in [5.41, 5.74) is 0.808. The van der Waals surface area contributed by atoms with Gasteiger partial charge in [-0.3, -0.25) is 0 Å². The van der Waals surface area contributed by atoms with Crippen molar-refractivity contribution in [3.8, 4) is 0 Å². The van der Waals surface area contributed by atoms with Crippen molar-refractivity contribution in [3.63, 3.8) is 0 Å². The number of aliphatic hydroxyl groups is 7. The minimum Gasteiger partial charge on any atom is -0.394 e. The van der Waals surface area contributed by atoms with Crippen LogP contribution in [0.15, 0.2) is 30.3 Å². The summed E-state index contributed by atoms with van der Waals surface area (Å²) in [5.74, 6) is 0. The van der Waals surface area contributed by atoms with E-state index in [1.807, 2.05) is 18.2 Å². The van der Waals surface area contributed by atoms with Crippen LogP contribution in [0.2, 0.25) is 0 Å². The van der Waals surface area contributed by atoms with E-state index in [1.54, 1.807) is 12.1 Å². The van der Waals surface area contributed by atoms with Gasteiger partial charge in [0.05, 0.1) is 19.8 Å². The van der Waals surface area contributed by atoms with Gasteiger partial charge in [-0.15, -0.1) is 0 Å². The second-order valence-corrected chi connectivity index (χ2v) is 7.34. The third-order valence-electron chi connectivity index (χ3n) is 5.20. The average Bonchev–Trinajstić information content (AvgIpc) is 2.76. The third-order valence-corrected chi connectivity index (χ3v) is 5.20. The van der Waals surface area contributed by atoms with Crippen molar-refractivity contribution in [1.82, 2.24) is 0 Å². The molecule has 0 spiro atoms. The van der Waals surface area contributed by atoms with Crippen molar-refractivity contribution in [2.75, 3.05) is 13.2 Å². The molecule has 10 atom stereocenters. The van der Waals surface area contributed by atoms with E-state index in [-0.39, 0.29) is 6.61 Å². The van der Waals surface area contributed by atoms with Gasteiger partial charge in [-0.25, -0.2) is 0 Å². The van der Waals surface area contributed by atoms with Crippen molar-refractivity contribution in [2.45, 2.75) is 68.0 Å². The molecule has 0 unspecified atom stereocenters. The molecule has 2 fully saturated rings. The average molecular weight is 432 g/mol. The van der Waals surface area contributed by atoms with Gasteiger partial charge in [0.25, 0.3) is 0 Å². The molecule has 7 N–H and O–H groups in total. The zero-order valence-corrected chi connectivity index (χ0v) is 16.0. The first-order chi connectivity index (χ1) is 14.3. The van der Waals surface area contributed by atoms with Gasteiger partial charge >= 0.3 is 0 Å². The number of rotatable bonds is 7. The first kappa shape index (κ1) is 23.4. The van der Waals surface area contributed by atoms with Crippen LogP contribution in [-0.4, -0.2) is 110 Å². The maximum absolute atomic E-state index is 10.2. The molecule has 2 aliphatic rings. The molecule has 11 heteroatoms. The predicted octanol–water partition coefficient (Wildman–Crippen LogP) is -3.17. The fourth-order valence-electron chi connectivity index (χ4n) is 3.34. The lowest BCUT2D eigenvalue weighted by molar-refractivity contribution is -0.332. The predicted molar refractivity (Wildman–Crippen MR) is 97.6 cm³/mol. The van der Waals surface area contributed by atoms with E-state index in [0.29, 0.717) is 0 Å². The molecule has 1 aromatic rings. The Kier molecular flexibility index (Phi) is 8.12. The van der Waals surface area contributed by atoms with E-state index in [0.717, 1.165) is 5.56 Å². The summed E-state index contributed by atoms with van der Waals surface area (Å²) in [7, 11) is 0. The highest BCUT2D eigenvalue weighted by atomic mass is 16.7. The van der Waals surface area contributed by atoms with Crippen LogP contribution < -0.4 is 0 Å². The van der Waals surface area contributed by atoms with Crippen LogP contribution in [0.4, 0.5) is 0 Å². The molecular formula is C19H28O11. The molecule has 0 radical (unpaired) electrons. The van der Waals surface area contributed by atoms with Crippen LogP contribution in [0.25, 0.3) is 0 Å². The standard InChI is InChI=1S/C19H28O11/c20-6-10-12(21)14(23)16(25)19(29-10)28-8-11-13(22)15(24)17(26)18(30-11)27-7-9-4-2-1-3-5-9/h1-5,10-26H,6-8H2/t10-,11-,12-,13-,14+,15+,16-,17-,18-,19-/m0/s1. The van der Waals surface area contributed by atoms with E-state index in [1.165, 1.54) is 0 Å². The smallest absolute Gasteiger partial charge is 0.187 e. The summed E-state index contributed by atoms with van der Waals surface area (Å²) in [6, 6.07) is 9.07. The maximum Gasteiger partial charge on any atom is 0.187 e. The molecule has 0 amide bonds. The molecule has 0 bridgehead atoms. The highest BCUT2D eigenvalue weighted by Gasteiger charge is 2.47. The number of benzene rings is 1. The van der Waals surface area contributed by atoms with E-state index in [2.05, 4.69) is 0 Å². The normalized spacial score (nSPS) is 42.2. The summed E-state index contributed by atoms with van der Waals surface area (Å²) in [4.78, 5) is 0. The highest BCUT2D eigenvalue weighted by molar-refractivity contribution is 5.13. The van der Waals surface area contributed by atoms with Gasteiger partial charge < -0.3 is 54.7 Å². The summed E-state index contributed by atoms with van der Waals surface area (Å²) in [6.45, 7) is -0.932. The van der Waals surface area contributed by atoms with E-state index in [9.17, 15) is 35.7 Å². The Hall–Kier alpha value is -1.22.